The summed E-state index contributed by atoms with van der Waals surface area (Å²) in [6, 6.07) is 11.2. The molecule has 1 heterocycles. The van der Waals surface area contributed by atoms with E-state index in [1.165, 1.54) is 16.8 Å². The first-order chi connectivity index (χ1) is 14.4. The summed E-state index contributed by atoms with van der Waals surface area (Å²) in [5.41, 5.74) is 8.36. The van der Waals surface area contributed by atoms with E-state index in [-0.39, 0.29) is 23.2 Å². The highest BCUT2D eigenvalue weighted by Crippen LogP contribution is 2.30. The third-order valence-corrected chi connectivity index (χ3v) is 4.94. The highest BCUT2D eigenvalue weighted by atomic mass is 16.3. The Balaban J connectivity index is 1.71. The van der Waals surface area contributed by atoms with E-state index in [4.69, 9.17) is 5.73 Å². The summed E-state index contributed by atoms with van der Waals surface area (Å²) in [6.45, 7) is 7.48. The van der Waals surface area contributed by atoms with Crippen molar-refractivity contribution in [2.24, 2.45) is 0 Å². The molecule has 0 saturated heterocycles. The largest absolute Gasteiger partial charge is 0.504 e. The number of carbonyl (C=O) groups excluding carboxylic acids is 1. The number of nitrogens with two attached hydrogens (primary N) is 1. The number of anilines is 1. The molecule has 9 heteroatoms. The number of phenols is 2. The van der Waals surface area contributed by atoms with Crippen LogP contribution in [0.1, 0.15) is 24.2 Å². The summed E-state index contributed by atoms with van der Waals surface area (Å²) < 4.78 is 1.36. The van der Waals surface area contributed by atoms with Crippen molar-refractivity contribution in [1.82, 2.24) is 25.2 Å². The second-order valence-corrected chi connectivity index (χ2v) is 6.77. The number of nitrogen functional groups attached to an aromatic ring is 1. The molecule has 158 valence electrons. The number of amides is 1. The zero-order valence-electron chi connectivity index (χ0n) is 17.0. The number of nitrogens with one attached hydrogen (secondary N) is 1. The fourth-order valence-electron chi connectivity index (χ4n) is 3.08. The Morgan fingerprint density at radius 3 is 2.43 bits per heavy atom. The van der Waals surface area contributed by atoms with E-state index in [0.717, 1.165) is 19.6 Å². The Bertz CT molecular complexity index is 1010. The van der Waals surface area contributed by atoms with Crippen molar-refractivity contribution in [3.63, 3.8) is 0 Å². The first-order valence-electron chi connectivity index (χ1n) is 9.79. The van der Waals surface area contributed by atoms with Gasteiger partial charge in [0.2, 0.25) is 0 Å². The Hall–Kier alpha value is -3.59. The van der Waals surface area contributed by atoms with Crippen molar-refractivity contribution in [2.45, 2.75) is 13.8 Å². The maximum absolute atomic E-state index is 12.3. The number of aromatic nitrogens is 3. The van der Waals surface area contributed by atoms with E-state index in [1.54, 1.807) is 30.3 Å². The molecule has 0 radical (unpaired) electrons. The normalized spacial score (nSPS) is 11.0. The minimum Gasteiger partial charge on any atom is -0.504 e. The molecule has 0 atom stereocenters. The van der Waals surface area contributed by atoms with Crippen molar-refractivity contribution >= 4 is 11.7 Å². The fourth-order valence-corrected chi connectivity index (χ4v) is 3.08. The van der Waals surface area contributed by atoms with Crippen LogP contribution < -0.4 is 11.1 Å². The van der Waals surface area contributed by atoms with Gasteiger partial charge in [-0.05, 0) is 37.4 Å². The molecule has 0 unspecified atom stereocenters. The molecule has 1 aromatic heterocycles. The van der Waals surface area contributed by atoms with Gasteiger partial charge < -0.3 is 26.2 Å². The van der Waals surface area contributed by atoms with Gasteiger partial charge in [-0.15, -0.1) is 5.10 Å². The molecule has 1 amide bonds. The van der Waals surface area contributed by atoms with Crippen molar-refractivity contribution in [1.29, 1.82) is 0 Å². The zero-order chi connectivity index (χ0) is 21.7. The Kier molecular flexibility index (Phi) is 6.53. The number of benzene rings is 2. The molecule has 0 fully saturated rings. The van der Waals surface area contributed by atoms with Crippen LogP contribution in [-0.4, -0.2) is 62.2 Å². The van der Waals surface area contributed by atoms with Crippen molar-refractivity contribution in [2.75, 3.05) is 31.9 Å². The number of carbonyl (C=O) groups is 1. The summed E-state index contributed by atoms with van der Waals surface area (Å²) in [5.74, 6) is -0.370. The fraction of sp³-hybridized carbons (Fsp3) is 0.286. The molecule has 2 aromatic carbocycles. The molecule has 0 aliphatic rings. The summed E-state index contributed by atoms with van der Waals surface area (Å²) in [5, 5.41) is 30.2. The lowest BCUT2D eigenvalue weighted by Crippen LogP contribution is -2.34. The van der Waals surface area contributed by atoms with Gasteiger partial charge >= 0.3 is 0 Å². The summed E-state index contributed by atoms with van der Waals surface area (Å²) in [6.07, 6.45) is 0. The lowest BCUT2D eigenvalue weighted by atomic mass is 10.1. The highest BCUT2D eigenvalue weighted by molar-refractivity contribution is 5.94. The number of phenolic OH excluding ortho intramolecular Hbond substituents is 2. The maximum Gasteiger partial charge on any atom is 0.251 e. The Morgan fingerprint density at radius 1 is 1.10 bits per heavy atom. The van der Waals surface area contributed by atoms with Gasteiger partial charge in [0.05, 0.1) is 5.69 Å². The standard InChI is InChI=1S/C21H26N6O3/c1-3-26(4-2)12-11-23-21(30)15-7-5-14(6-8-15)19-20(22)27(25-24-19)16-9-10-17(28)18(29)13-16/h5-10,13,28-29H,3-4,11-12,22H2,1-2H3,(H,23,30). The number of hydrogen-bond acceptors (Lipinski definition) is 7. The average molecular weight is 410 g/mol. The number of nitrogens with zero attached hydrogens (tertiary/aromatic N) is 4. The van der Waals surface area contributed by atoms with Gasteiger partial charge in [-0.25, -0.2) is 0 Å². The van der Waals surface area contributed by atoms with Crippen molar-refractivity contribution in [3.8, 4) is 28.4 Å². The smallest absolute Gasteiger partial charge is 0.251 e. The molecule has 0 spiro atoms. The number of likely N-dealkylation sites (N-methyl/N-ethyl adjacent to an activating group) is 1. The van der Waals surface area contributed by atoms with Crippen LogP contribution in [0.5, 0.6) is 11.5 Å². The van der Waals surface area contributed by atoms with Gasteiger partial charge in [-0.1, -0.05) is 31.2 Å². The molecule has 3 rings (SSSR count). The van der Waals surface area contributed by atoms with E-state index in [0.29, 0.717) is 29.1 Å². The maximum atomic E-state index is 12.3. The summed E-state index contributed by atoms with van der Waals surface area (Å²) in [7, 11) is 0. The van der Waals surface area contributed by atoms with Gasteiger partial charge in [-0.2, -0.15) is 4.68 Å². The van der Waals surface area contributed by atoms with Gasteiger partial charge in [0.1, 0.15) is 5.69 Å². The van der Waals surface area contributed by atoms with Crippen molar-refractivity contribution < 1.29 is 15.0 Å². The van der Waals surface area contributed by atoms with E-state index in [1.807, 2.05) is 0 Å². The Morgan fingerprint density at radius 2 is 1.80 bits per heavy atom. The molecule has 0 aliphatic heterocycles. The SMILES string of the molecule is CCN(CC)CCNC(=O)c1ccc(-c2nnn(-c3ccc(O)c(O)c3)c2N)cc1. The van der Waals surface area contributed by atoms with Crippen LogP contribution in [0.2, 0.25) is 0 Å². The predicted molar refractivity (Wildman–Crippen MR) is 115 cm³/mol. The third-order valence-electron chi connectivity index (χ3n) is 4.94. The number of hydrogen-bond donors (Lipinski definition) is 4. The lowest BCUT2D eigenvalue weighted by molar-refractivity contribution is 0.0949. The van der Waals surface area contributed by atoms with Crippen molar-refractivity contribution in [3.05, 3.63) is 48.0 Å². The lowest BCUT2D eigenvalue weighted by Gasteiger charge is -2.17. The first-order valence-corrected chi connectivity index (χ1v) is 9.79. The summed E-state index contributed by atoms with van der Waals surface area (Å²) in [4.78, 5) is 14.6. The molecule has 0 saturated carbocycles. The molecule has 30 heavy (non-hydrogen) atoms. The second kappa shape index (κ2) is 9.27. The minimum absolute atomic E-state index is 0.134. The van der Waals surface area contributed by atoms with Crippen LogP contribution in [0.4, 0.5) is 5.82 Å². The van der Waals surface area contributed by atoms with Crippen LogP contribution >= 0.6 is 0 Å². The monoisotopic (exact) mass is 410 g/mol. The highest BCUT2D eigenvalue weighted by Gasteiger charge is 2.15. The molecule has 0 bridgehead atoms. The second-order valence-electron chi connectivity index (χ2n) is 6.77. The van der Waals surface area contributed by atoms with Crippen LogP contribution in [-0.2, 0) is 0 Å². The topological polar surface area (TPSA) is 130 Å². The molecule has 5 N–H and O–H groups in total. The van der Waals surface area contributed by atoms with Gasteiger partial charge in [0.15, 0.2) is 17.3 Å². The minimum atomic E-state index is -0.277. The predicted octanol–water partition coefficient (Wildman–Crippen LogP) is 2.00. The Labute approximate surface area is 174 Å². The number of aromatic hydroxyl groups is 2. The van der Waals surface area contributed by atoms with E-state index in [9.17, 15) is 15.0 Å². The van der Waals surface area contributed by atoms with Gasteiger partial charge in [-0.3, -0.25) is 4.79 Å². The summed E-state index contributed by atoms with van der Waals surface area (Å²) >= 11 is 0. The van der Waals surface area contributed by atoms with E-state index < -0.39 is 0 Å². The number of rotatable bonds is 8. The quantitative estimate of drug-likeness (QED) is 0.418. The van der Waals surface area contributed by atoms with E-state index >= 15 is 0 Å². The van der Waals surface area contributed by atoms with Crippen LogP contribution in [0.25, 0.3) is 16.9 Å². The molecule has 0 aliphatic carbocycles. The van der Waals surface area contributed by atoms with Crippen LogP contribution in [0, 0.1) is 0 Å². The average Bonchev–Trinajstić information content (AvgIpc) is 3.14. The van der Waals surface area contributed by atoms with Gasteiger partial charge in [0, 0.05) is 30.3 Å². The van der Waals surface area contributed by atoms with Gasteiger partial charge in [0.25, 0.3) is 5.91 Å². The zero-order valence-corrected chi connectivity index (χ0v) is 17.0. The molecule has 3 aromatic rings. The van der Waals surface area contributed by atoms with E-state index in [2.05, 4.69) is 34.4 Å². The van der Waals surface area contributed by atoms with Crippen LogP contribution in [0.3, 0.4) is 0 Å². The first kappa shape index (κ1) is 21.1. The molecule has 9 nitrogen and oxygen atoms in total. The molecular weight excluding hydrogens is 384 g/mol. The third kappa shape index (κ3) is 4.52. The van der Waals surface area contributed by atoms with Crippen LogP contribution in [0.15, 0.2) is 42.5 Å². The molecular formula is C21H26N6O3.